The first-order chi connectivity index (χ1) is 19.0. The van der Waals surface area contributed by atoms with E-state index in [0.717, 1.165) is 65.9 Å². The fraction of sp³-hybridized carbons (Fsp3) is 0.303. The quantitative estimate of drug-likeness (QED) is 0.219. The van der Waals surface area contributed by atoms with Crippen molar-refractivity contribution in [2.24, 2.45) is 0 Å². The number of amides is 1. The van der Waals surface area contributed by atoms with Crippen molar-refractivity contribution in [1.29, 1.82) is 0 Å². The van der Waals surface area contributed by atoms with Crippen LogP contribution >= 0.6 is 11.8 Å². The van der Waals surface area contributed by atoms with E-state index in [1.54, 1.807) is 4.57 Å². The number of para-hydroxylation sites is 2. The second kappa shape index (κ2) is 10.5. The molecule has 0 unspecified atom stereocenters. The Morgan fingerprint density at radius 3 is 2.41 bits per heavy atom. The third kappa shape index (κ3) is 4.71. The Bertz CT molecular complexity index is 1590. The van der Waals surface area contributed by atoms with Crippen LogP contribution in [0.3, 0.4) is 0 Å². The number of thioether (sulfide) groups is 1. The maximum Gasteiger partial charge on any atom is 0.263 e. The minimum atomic E-state index is -0.465. The van der Waals surface area contributed by atoms with Crippen LogP contribution in [0.5, 0.6) is 0 Å². The van der Waals surface area contributed by atoms with Crippen molar-refractivity contribution < 1.29 is 4.79 Å². The number of anilines is 1. The molecule has 0 aliphatic heterocycles. The fourth-order valence-corrected chi connectivity index (χ4v) is 7.18. The van der Waals surface area contributed by atoms with E-state index in [9.17, 15) is 9.59 Å². The predicted molar refractivity (Wildman–Crippen MR) is 159 cm³/mol. The molecule has 1 spiro atoms. The SMILES string of the molecule is Cc1ccccc1-n1c(S[C@H](C)C(=O)Nc2ccccc2)nc2c(c1=O)C1(CCCCC1)Cc1ccccc1-2. The smallest absolute Gasteiger partial charge is 0.263 e. The van der Waals surface area contributed by atoms with Gasteiger partial charge in [-0.25, -0.2) is 4.98 Å². The molecule has 4 aromatic rings. The van der Waals surface area contributed by atoms with Crippen molar-refractivity contribution in [1.82, 2.24) is 9.55 Å². The Morgan fingerprint density at radius 1 is 0.949 bits per heavy atom. The van der Waals surface area contributed by atoms with Gasteiger partial charge in [0, 0.05) is 16.7 Å². The first-order valence-electron chi connectivity index (χ1n) is 13.8. The van der Waals surface area contributed by atoms with Crippen LogP contribution in [0, 0.1) is 6.92 Å². The van der Waals surface area contributed by atoms with E-state index in [2.05, 4.69) is 23.5 Å². The van der Waals surface area contributed by atoms with Gasteiger partial charge in [-0.05, 0) is 62.4 Å². The number of rotatable bonds is 5. The van der Waals surface area contributed by atoms with Crippen LogP contribution < -0.4 is 10.9 Å². The highest BCUT2D eigenvalue weighted by Crippen LogP contribution is 2.49. The number of aryl methyl sites for hydroxylation is 1. The van der Waals surface area contributed by atoms with E-state index >= 15 is 0 Å². The van der Waals surface area contributed by atoms with Crippen LogP contribution in [-0.4, -0.2) is 20.7 Å². The molecule has 0 saturated heterocycles. The van der Waals surface area contributed by atoms with Gasteiger partial charge in [0.1, 0.15) is 0 Å². The van der Waals surface area contributed by atoms with E-state index in [4.69, 9.17) is 4.98 Å². The number of carbonyl (C=O) groups excluding carboxylic acids is 1. The maximum absolute atomic E-state index is 14.7. The van der Waals surface area contributed by atoms with E-state index in [1.807, 2.05) is 74.5 Å². The van der Waals surface area contributed by atoms with Gasteiger partial charge < -0.3 is 5.32 Å². The van der Waals surface area contributed by atoms with Crippen molar-refractivity contribution >= 4 is 23.4 Å². The number of hydrogen-bond donors (Lipinski definition) is 1. The first-order valence-corrected chi connectivity index (χ1v) is 14.7. The zero-order valence-corrected chi connectivity index (χ0v) is 23.3. The third-order valence-electron chi connectivity index (χ3n) is 8.24. The molecule has 1 saturated carbocycles. The Balaban J connectivity index is 1.52. The highest BCUT2D eigenvalue weighted by molar-refractivity contribution is 8.00. The maximum atomic E-state index is 14.7. The summed E-state index contributed by atoms with van der Waals surface area (Å²) in [6.45, 7) is 3.89. The molecule has 1 aromatic heterocycles. The number of benzene rings is 3. The number of nitrogens with one attached hydrogen (secondary N) is 1. The normalized spacial score (nSPS) is 16.3. The highest BCUT2D eigenvalue weighted by Gasteiger charge is 2.43. The molecule has 1 amide bonds. The lowest BCUT2D eigenvalue weighted by Crippen LogP contribution is -2.43. The summed E-state index contributed by atoms with van der Waals surface area (Å²) in [6, 6.07) is 25.8. The summed E-state index contributed by atoms with van der Waals surface area (Å²) in [7, 11) is 0. The van der Waals surface area contributed by atoms with Crippen molar-refractivity contribution in [3.8, 4) is 16.9 Å². The molecule has 1 atom stereocenters. The summed E-state index contributed by atoms with van der Waals surface area (Å²) in [5.41, 5.74) is 6.33. The molecule has 1 fully saturated rings. The summed E-state index contributed by atoms with van der Waals surface area (Å²) in [5, 5.41) is 3.08. The molecular weight excluding hydrogens is 502 g/mol. The second-order valence-electron chi connectivity index (χ2n) is 10.8. The van der Waals surface area contributed by atoms with Gasteiger partial charge in [-0.1, -0.05) is 91.7 Å². The van der Waals surface area contributed by atoms with Crippen LogP contribution in [0.1, 0.15) is 55.7 Å². The molecule has 1 heterocycles. The Labute approximate surface area is 233 Å². The number of fused-ring (bicyclic) bond motifs is 4. The lowest BCUT2D eigenvalue weighted by Gasteiger charge is -2.42. The second-order valence-corrected chi connectivity index (χ2v) is 12.1. The summed E-state index contributed by atoms with van der Waals surface area (Å²) >= 11 is 1.34. The van der Waals surface area contributed by atoms with Crippen molar-refractivity contribution in [2.45, 2.75) is 68.2 Å². The summed E-state index contributed by atoms with van der Waals surface area (Å²) < 4.78 is 1.77. The largest absolute Gasteiger partial charge is 0.325 e. The molecule has 2 aliphatic carbocycles. The zero-order valence-electron chi connectivity index (χ0n) is 22.4. The van der Waals surface area contributed by atoms with Crippen LogP contribution in [0.2, 0.25) is 0 Å². The molecule has 2 aliphatic rings. The molecule has 198 valence electrons. The van der Waals surface area contributed by atoms with E-state index in [1.165, 1.54) is 23.7 Å². The molecule has 0 radical (unpaired) electrons. The summed E-state index contributed by atoms with van der Waals surface area (Å²) in [5.74, 6) is -0.126. The number of carbonyl (C=O) groups is 1. The first kappa shape index (κ1) is 25.6. The van der Waals surface area contributed by atoms with Crippen LogP contribution in [0.15, 0.2) is 88.8 Å². The van der Waals surface area contributed by atoms with Crippen LogP contribution in [0.4, 0.5) is 5.69 Å². The summed E-state index contributed by atoms with van der Waals surface area (Å²) in [4.78, 5) is 33.2. The average Bonchev–Trinajstić information content (AvgIpc) is 2.95. The van der Waals surface area contributed by atoms with Gasteiger partial charge in [-0.15, -0.1) is 0 Å². The molecule has 0 bridgehead atoms. The Morgan fingerprint density at radius 2 is 1.64 bits per heavy atom. The summed E-state index contributed by atoms with van der Waals surface area (Å²) in [6.07, 6.45) is 6.34. The van der Waals surface area contributed by atoms with Gasteiger partial charge in [0.25, 0.3) is 5.56 Å². The predicted octanol–water partition coefficient (Wildman–Crippen LogP) is 7.09. The van der Waals surface area contributed by atoms with E-state index < -0.39 is 5.25 Å². The number of hydrogen-bond acceptors (Lipinski definition) is 4. The molecule has 39 heavy (non-hydrogen) atoms. The van der Waals surface area contributed by atoms with Gasteiger partial charge in [0.05, 0.1) is 22.2 Å². The van der Waals surface area contributed by atoms with Gasteiger partial charge >= 0.3 is 0 Å². The van der Waals surface area contributed by atoms with Crippen LogP contribution in [-0.2, 0) is 16.6 Å². The third-order valence-corrected chi connectivity index (χ3v) is 9.30. The average molecular weight is 536 g/mol. The monoisotopic (exact) mass is 535 g/mol. The van der Waals surface area contributed by atoms with Crippen LogP contribution in [0.25, 0.3) is 16.9 Å². The van der Waals surface area contributed by atoms with Gasteiger partial charge in [0.15, 0.2) is 5.16 Å². The fourth-order valence-electron chi connectivity index (χ4n) is 6.27. The molecule has 1 N–H and O–H groups in total. The van der Waals surface area contributed by atoms with Crippen molar-refractivity contribution in [2.75, 3.05) is 5.32 Å². The highest BCUT2D eigenvalue weighted by atomic mass is 32.2. The molecule has 6 heteroatoms. The molecular formula is C33H33N3O2S. The lowest BCUT2D eigenvalue weighted by molar-refractivity contribution is -0.115. The minimum absolute atomic E-state index is 0.00358. The topological polar surface area (TPSA) is 64.0 Å². The van der Waals surface area contributed by atoms with E-state index in [-0.39, 0.29) is 16.9 Å². The van der Waals surface area contributed by atoms with Crippen molar-refractivity contribution in [3.05, 3.63) is 106 Å². The van der Waals surface area contributed by atoms with Gasteiger partial charge in [-0.2, -0.15) is 0 Å². The van der Waals surface area contributed by atoms with Crippen molar-refractivity contribution in [3.63, 3.8) is 0 Å². The minimum Gasteiger partial charge on any atom is -0.325 e. The number of aromatic nitrogens is 2. The standard InChI is InChI=1S/C33H33N3O2S/c1-22-13-7-10-18-27(22)36-31(38)28-29(26-17-9-8-14-24(26)21-33(28)19-11-4-12-20-33)35-32(36)39-23(2)30(37)34-25-15-5-3-6-16-25/h3,5-10,13-18,23H,4,11-12,19-21H2,1-2H3,(H,34,37)/t23-/m1/s1. The molecule has 5 nitrogen and oxygen atoms in total. The molecule has 6 rings (SSSR count). The lowest BCUT2D eigenvalue weighted by atomic mass is 9.62. The van der Waals surface area contributed by atoms with E-state index in [0.29, 0.717) is 5.16 Å². The number of nitrogens with zero attached hydrogens (tertiary/aromatic N) is 2. The van der Waals surface area contributed by atoms with Gasteiger partial charge in [0.2, 0.25) is 5.91 Å². The Kier molecular flexibility index (Phi) is 6.90. The van der Waals surface area contributed by atoms with Gasteiger partial charge in [-0.3, -0.25) is 14.2 Å². The Hall–Kier alpha value is -3.64. The zero-order chi connectivity index (χ0) is 27.0. The molecule has 3 aromatic carbocycles.